The molecule has 8 nitrogen and oxygen atoms in total. The van der Waals surface area contributed by atoms with E-state index in [1.807, 2.05) is 14.1 Å². The topological polar surface area (TPSA) is 106 Å². The molecule has 1 aliphatic carbocycles. The second-order valence-electron chi connectivity index (χ2n) is 5.32. The number of carbonyl (C=O) groups excluding carboxylic acids is 1. The maximum atomic E-state index is 11.4. The molecule has 21 heavy (non-hydrogen) atoms. The third kappa shape index (κ3) is 4.18. The first-order valence-electron chi connectivity index (χ1n) is 6.58. The van der Waals surface area contributed by atoms with E-state index < -0.39 is 0 Å². The number of rotatable bonds is 7. The fourth-order valence-corrected chi connectivity index (χ4v) is 2.94. The molecule has 3 N–H and O–H groups in total. The van der Waals surface area contributed by atoms with Crippen molar-refractivity contribution in [2.75, 3.05) is 37.3 Å². The van der Waals surface area contributed by atoms with Crippen LogP contribution in [0.2, 0.25) is 0 Å². The molecule has 0 aliphatic heterocycles. The Hall–Kier alpha value is -1.61. The second-order valence-corrected chi connectivity index (χ2v) is 6.26. The minimum absolute atomic E-state index is 0.0268. The number of anilines is 2. The average molecular weight is 312 g/mol. The van der Waals surface area contributed by atoms with Gasteiger partial charge in [0, 0.05) is 19.8 Å². The van der Waals surface area contributed by atoms with Crippen LogP contribution in [0.5, 0.6) is 0 Å². The molecule has 0 unspecified atom stereocenters. The van der Waals surface area contributed by atoms with Crippen LogP contribution in [0, 0.1) is 5.41 Å². The lowest BCUT2D eigenvalue weighted by Crippen LogP contribution is -2.18. The summed E-state index contributed by atoms with van der Waals surface area (Å²) in [5, 5.41) is 0.595. The Balaban J connectivity index is 2.03. The summed E-state index contributed by atoms with van der Waals surface area (Å²) in [6, 6.07) is 0. The molecule has 0 aromatic carbocycles. The number of aromatic nitrogens is 3. The van der Waals surface area contributed by atoms with Crippen LogP contribution in [0.25, 0.3) is 0 Å². The van der Waals surface area contributed by atoms with Gasteiger partial charge >= 0.3 is 5.97 Å². The zero-order valence-corrected chi connectivity index (χ0v) is 13.2. The summed E-state index contributed by atoms with van der Waals surface area (Å²) in [5.74, 6) is 6.86. The maximum absolute atomic E-state index is 11.4. The molecule has 0 amide bonds. The lowest BCUT2D eigenvalue weighted by molar-refractivity contribution is -0.141. The molecular formula is C12H20N6O2S. The number of hydrogen-bond donors (Lipinski definition) is 2. The van der Waals surface area contributed by atoms with Gasteiger partial charge in [-0.05, 0) is 18.3 Å². The smallest absolute Gasteiger partial charge is 0.306 e. The van der Waals surface area contributed by atoms with E-state index in [1.54, 1.807) is 4.90 Å². The highest BCUT2D eigenvalue weighted by Crippen LogP contribution is 2.51. The first kappa shape index (κ1) is 15.8. The largest absolute Gasteiger partial charge is 0.469 e. The molecule has 1 aliphatic rings. The third-order valence-electron chi connectivity index (χ3n) is 3.34. The highest BCUT2D eigenvalue weighted by atomic mass is 32.2. The summed E-state index contributed by atoms with van der Waals surface area (Å²) in [5.41, 5.74) is 2.47. The van der Waals surface area contributed by atoms with Crippen molar-refractivity contribution in [1.29, 1.82) is 0 Å². The van der Waals surface area contributed by atoms with E-state index in [1.165, 1.54) is 18.9 Å². The molecule has 1 saturated carbocycles. The van der Waals surface area contributed by atoms with Gasteiger partial charge in [0.05, 0.1) is 13.5 Å². The van der Waals surface area contributed by atoms with Crippen molar-refractivity contribution in [1.82, 2.24) is 15.0 Å². The highest BCUT2D eigenvalue weighted by molar-refractivity contribution is 7.99. The summed E-state index contributed by atoms with van der Waals surface area (Å²) in [4.78, 5) is 25.9. The number of esters is 1. The van der Waals surface area contributed by atoms with Crippen molar-refractivity contribution >= 4 is 29.6 Å². The first-order chi connectivity index (χ1) is 9.98. The van der Waals surface area contributed by atoms with E-state index in [0.717, 1.165) is 18.6 Å². The number of hydrazine groups is 1. The van der Waals surface area contributed by atoms with E-state index in [9.17, 15) is 4.79 Å². The van der Waals surface area contributed by atoms with Gasteiger partial charge < -0.3 is 9.64 Å². The lowest BCUT2D eigenvalue weighted by Gasteiger charge is -2.14. The van der Waals surface area contributed by atoms with Crippen LogP contribution in [0.3, 0.4) is 0 Å². The van der Waals surface area contributed by atoms with Crippen LogP contribution in [0.1, 0.15) is 19.3 Å². The van der Waals surface area contributed by atoms with Gasteiger partial charge in [0.2, 0.25) is 11.9 Å². The van der Waals surface area contributed by atoms with Crippen LogP contribution in [0.4, 0.5) is 11.9 Å². The molecule has 1 aromatic heterocycles. The summed E-state index contributed by atoms with van der Waals surface area (Å²) in [6.07, 6.45) is 2.51. The van der Waals surface area contributed by atoms with Crippen molar-refractivity contribution in [3.8, 4) is 0 Å². The molecular weight excluding hydrogens is 292 g/mol. The van der Waals surface area contributed by atoms with Crippen molar-refractivity contribution in [2.45, 2.75) is 24.4 Å². The normalized spacial score (nSPS) is 15.4. The number of thioether (sulfide) groups is 1. The molecule has 1 fully saturated rings. The Labute approximate surface area is 127 Å². The van der Waals surface area contributed by atoms with Gasteiger partial charge in [-0.3, -0.25) is 10.2 Å². The molecule has 0 saturated heterocycles. The molecule has 9 heteroatoms. The fraction of sp³-hybridized carbons (Fsp3) is 0.667. The molecule has 116 valence electrons. The Bertz CT molecular complexity index is 520. The highest BCUT2D eigenvalue weighted by Gasteiger charge is 2.44. The van der Waals surface area contributed by atoms with Crippen molar-refractivity contribution in [3.63, 3.8) is 0 Å². The first-order valence-corrected chi connectivity index (χ1v) is 7.56. The summed E-state index contributed by atoms with van der Waals surface area (Å²) >= 11 is 1.51. The van der Waals surface area contributed by atoms with Crippen LogP contribution >= 0.6 is 11.8 Å². The van der Waals surface area contributed by atoms with Gasteiger partial charge in [-0.25, -0.2) is 5.84 Å². The van der Waals surface area contributed by atoms with Gasteiger partial charge in [0.1, 0.15) is 0 Å². The molecule has 0 radical (unpaired) electrons. The molecule has 1 aromatic rings. The van der Waals surface area contributed by atoms with E-state index in [2.05, 4.69) is 20.4 Å². The second kappa shape index (κ2) is 6.44. The fourth-order valence-electron chi connectivity index (χ4n) is 1.82. The molecule has 0 atom stereocenters. The van der Waals surface area contributed by atoms with Crippen LogP contribution in [0.15, 0.2) is 5.16 Å². The van der Waals surface area contributed by atoms with Crippen LogP contribution in [-0.4, -0.2) is 47.9 Å². The lowest BCUT2D eigenvalue weighted by atomic mass is 10.1. The SMILES string of the molecule is COC(=O)CC1(CSc2nc(NN)nc(N(C)C)n2)CC1. The Kier molecular flexibility index (Phi) is 4.84. The van der Waals surface area contributed by atoms with Crippen LogP contribution in [-0.2, 0) is 9.53 Å². The Morgan fingerprint density at radius 3 is 2.67 bits per heavy atom. The van der Waals surface area contributed by atoms with E-state index >= 15 is 0 Å². The maximum Gasteiger partial charge on any atom is 0.306 e. The van der Waals surface area contributed by atoms with Gasteiger partial charge in [-0.2, -0.15) is 15.0 Å². The number of nitrogens with one attached hydrogen (secondary N) is 1. The number of methoxy groups -OCH3 is 1. The monoisotopic (exact) mass is 312 g/mol. The minimum Gasteiger partial charge on any atom is -0.469 e. The predicted octanol–water partition coefficient (Wildman–Crippen LogP) is 0.659. The molecule has 1 heterocycles. The number of nitrogen functional groups attached to an aromatic ring is 1. The van der Waals surface area contributed by atoms with E-state index in [4.69, 9.17) is 10.6 Å². The number of carbonyl (C=O) groups is 1. The average Bonchev–Trinajstić information content (AvgIpc) is 3.24. The van der Waals surface area contributed by atoms with E-state index in [-0.39, 0.29) is 11.4 Å². The molecule has 0 spiro atoms. The molecule has 2 rings (SSSR count). The number of nitrogens with two attached hydrogens (primary N) is 1. The van der Waals surface area contributed by atoms with Gasteiger partial charge in [-0.1, -0.05) is 11.8 Å². The molecule has 0 bridgehead atoms. The van der Waals surface area contributed by atoms with Crippen molar-refractivity contribution < 1.29 is 9.53 Å². The van der Waals surface area contributed by atoms with E-state index in [0.29, 0.717) is 23.5 Å². The zero-order valence-electron chi connectivity index (χ0n) is 12.4. The Morgan fingerprint density at radius 2 is 2.14 bits per heavy atom. The van der Waals surface area contributed by atoms with Crippen LogP contribution < -0.4 is 16.2 Å². The quantitative estimate of drug-likeness (QED) is 0.325. The standard InChI is InChI=1S/C12H20N6O2S/c1-18(2)10-14-9(17-13)15-11(16-10)21-7-12(4-5-12)6-8(19)20-3/h4-7,13H2,1-3H3,(H,14,15,16,17). The number of nitrogens with zero attached hydrogens (tertiary/aromatic N) is 4. The predicted molar refractivity (Wildman–Crippen MR) is 81.0 cm³/mol. The number of hydrogen-bond acceptors (Lipinski definition) is 9. The number of ether oxygens (including phenoxy) is 1. The van der Waals surface area contributed by atoms with Crippen molar-refractivity contribution in [2.24, 2.45) is 11.3 Å². The third-order valence-corrected chi connectivity index (χ3v) is 4.54. The zero-order chi connectivity index (χ0) is 15.5. The summed E-state index contributed by atoms with van der Waals surface area (Å²) < 4.78 is 4.74. The van der Waals surface area contributed by atoms with Crippen molar-refractivity contribution in [3.05, 3.63) is 0 Å². The van der Waals surface area contributed by atoms with Gasteiger partial charge in [-0.15, -0.1) is 0 Å². The Morgan fingerprint density at radius 1 is 1.43 bits per heavy atom. The summed E-state index contributed by atoms with van der Waals surface area (Å²) in [6.45, 7) is 0. The minimum atomic E-state index is -0.165. The van der Waals surface area contributed by atoms with Gasteiger partial charge in [0.25, 0.3) is 0 Å². The summed E-state index contributed by atoms with van der Waals surface area (Å²) in [7, 11) is 5.12. The van der Waals surface area contributed by atoms with Gasteiger partial charge in [0.15, 0.2) is 5.16 Å².